The van der Waals surface area contributed by atoms with Gasteiger partial charge in [-0.2, -0.15) is 12.1 Å². The molecule has 110 valence electrons. The van der Waals surface area contributed by atoms with E-state index < -0.39 is 0 Å². The van der Waals surface area contributed by atoms with Crippen LogP contribution in [-0.2, 0) is 17.1 Å². The van der Waals surface area contributed by atoms with Gasteiger partial charge in [0.05, 0.1) is 0 Å². The molecule has 0 N–H and O–H groups in total. The molecule has 0 aliphatic heterocycles. The Morgan fingerprint density at radius 1 is 0.947 bits per heavy atom. The van der Waals surface area contributed by atoms with E-state index >= 15 is 0 Å². The van der Waals surface area contributed by atoms with Crippen molar-refractivity contribution in [3.05, 3.63) is 60.2 Å². The van der Waals surface area contributed by atoms with Gasteiger partial charge in [0.1, 0.15) is 5.78 Å². The average Bonchev–Trinajstić information content (AvgIpc) is 3.09. The van der Waals surface area contributed by atoms with Crippen LogP contribution in [0.2, 0.25) is 0 Å². The molecule has 0 unspecified atom stereocenters. The summed E-state index contributed by atoms with van der Waals surface area (Å²) >= 11 is 3.37. The molecule has 0 aromatic heterocycles. The van der Waals surface area contributed by atoms with Gasteiger partial charge in [-0.3, -0.25) is 0 Å². The topological polar surface area (TPSA) is 17.1 Å². The predicted octanol–water partition coefficient (Wildman–Crippen LogP) is 4.95. The van der Waals surface area contributed by atoms with Crippen molar-refractivity contribution in [1.29, 1.82) is 0 Å². The van der Waals surface area contributed by atoms with E-state index in [0.717, 1.165) is 30.2 Å². The molecule has 19 heavy (non-hydrogen) atoms. The van der Waals surface area contributed by atoms with Gasteiger partial charge in [0.25, 0.3) is 0 Å². The number of halogens is 1. The van der Waals surface area contributed by atoms with Crippen molar-refractivity contribution >= 4 is 21.7 Å². The molecular weight excluding hydrogens is 344 g/mol. The third-order valence-electron chi connectivity index (χ3n) is 2.58. The zero-order valence-electron chi connectivity index (χ0n) is 10.9. The van der Waals surface area contributed by atoms with E-state index in [1.165, 1.54) is 0 Å². The molecule has 3 heteroatoms. The Hall–Kier alpha value is -0.631. The SMILES string of the molecule is O=C(CCCCCBr)[c-]1cccc1.[Fe].[cH-]1[cH-][cH-][cH-][cH-]1. The number of ketones is 1. The van der Waals surface area contributed by atoms with Crippen LogP contribution in [0.3, 0.4) is 0 Å². The second-order valence-electron chi connectivity index (χ2n) is 4.06. The Kier molecular flexibility index (Phi) is 12.0. The second kappa shape index (κ2) is 12.4. The Morgan fingerprint density at radius 3 is 1.95 bits per heavy atom. The van der Waals surface area contributed by atoms with E-state index in [1.807, 2.05) is 54.6 Å². The van der Waals surface area contributed by atoms with Crippen LogP contribution in [0, 0.1) is 0 Å². The van der Waals surface area contributed by atoms with Gasteiger partial charge in [-0.15, -0.1) is 0 Å². The van der Waals surface area contributed by atoms with Crippen molar-refractivity contribution < 1.29 is 21.9 Å². The first-order chi connectivity index (χ1) is 8.84. The van der Waals surface area contributed by atoms with Crippen molar-refractivity contribution in [3.63, 3.8) is 0 Å². The van der Waals surface area contributed by atoms with Gasteiger partial charge in [-0.25, -0.2) is 12.1 Å². The number of carbonyl (C=O) groups excluding carboxylic acids is 1. The first-order valence-electron chi connectivity index (χ1n) is 6.32. The van der Waals surface area contributed by atoms with Crippen molar-refractivity contribution in [2.24, 2.45) is 0 Å². The minimum Gasteiger partial charge on any atom is -0.748 e. The summed E-state index contributed by atoms with van der Waals surface area (Å²) in [7, 11) is 0. The number of alkyl halides is 1. The quantitative estimate of drug-likeness (QED) is 0.234. The summed E-state index contributed by atoms with van der Waals surface area (Å²) in [4.78, 5) is 11.5. The molecule has 0 bridgehead atoms. The second-order valence-corrected chi connectivity index (χ2v) is 4.85. The molecule has 0 heterocycles. The minimum absolute atomic E-state index is 0. The maximum absolute atomic E-state index is 11.5. The Balaban J connectivity index is 0.000000454. The summed E-state index contributed by atoms with van der Waals surface area (Å²) in [6.07, 6.45) is 4.00. The third kappa shape index (κ3) is 8.98. The molecular formula is C16H19BrFeO-6. The molecule has 0 aliphatic carbocycles. The standard InChI is InChI=1S/C11H14BrO.C5H5.Fe/c12-9-5-1-2-8-11(13)10-6-3-4-7-10;1-2-4-5-3-1;/h3-4,6-7H,1-2,5,8-9H2;1-5H;/q-1;-5;. The zero-order chi connectivity index (χ0) is 13.1. The summed E-state index contributed by atoms with van der Waals surface area (Å²) < 4.78 is 0. The molecule has 0 amide bonds. The van der Waals surface area contributed by atoms with Crippen LogP contribution < -0.4 is 0 Å². The molecule has 2 rings (SSSR count). The van der Waals surface area contributed by atoms with Gasteiger partial charge in [0.15, 0.2) is 0 Å². The van der Waals surface area contributed by atoms with Gasteiger partial charge in [-0.1, -0.05) is 27.9 Å². The molecule has 0 atom stereocenters. The van der Waals surface area contributed by atoms with E-state index in [-0.39, 0.29) is 22.9 Å². The van der Waals surface area contributed by atoms with Gasteiger partial charge < -0.3 is 35.1 Å². The number of hydrogen-bond acceptors (Lipinski definition) is 1. The maximum atomic E-state index is 11.5. The molecule has 2 aromatic rings. The zero-order valence-corrected chi connectivity index (χ0v) is 13.6. The smallest absolute Gasteiger partial charge is 0.108 e. The van der Waals surface area contributed by atoms with E-state index in [2.05, 4.69) is 15.9 Å². The first-order valence-corrected chi connectivity index (χ1v) is 7.44. The molecule has 0 spiro atoms. The van der Waals surface area contributed by atoms with Crippen molar-refractivity contribution in [1.82, 2.24) is 0 Å². The average molecular weight is 363 g/mol. The van der Waals surface area contributed by atoms with E-state index in [1.54, 1.807) is 0 Å². The largest absolute Gasteiger partial charge is 0.748 e. The van der Waals surface area contributed by atoms with Gasteiger partial charge in [-0.05, 0) is 19.3 Å². The summed E-state index contributed by atoms with van der Waals surface area (Å²) in [6.45, 7) is 0. The normalized spacial score (nSPS) is 9.11. The van der Waals surface area contributed by atoms with E-state index in [0.29, 0.717) is 6.42 Å². The molecule has 0 radical (unpaired) electrons. The van der Waals surface area contributed by atoms with Gasteiger partial charge >= 0.3 is 0 Å². The first kappa shape index (κ1) is 18.4. The van der Waals surface area contributed by atoms with Crippen LogP contribution in [0.15, 0.2) is 54.6 Å². The monoisotopic (exact) mass is 362 g/mol. The van der Waals surface area contributed by atoms with Crippen LogP contribution in [0.5, 0.6) is 0 Å². The number of unbranched alkanes of at least 4 members (excludes halogenated alkanes) is 2. The van der Waals surface area contributed by atoms with Gasteiger partial charge in [0.2, 0.25) is 0 Å². The summed E-state index contributed by atoms with van der Waals surface area (Å²) in [5.74, 6) is 0.277. The third-order valence-corrected chi connectivity index (χ3v) is 3.14. The fourth-order valence-electron chi connectivity index (χ4n) is 1.58. The van der Waals surface area contributed by atoms with Crippen molar-refractivity contribution in [2.45, 2.75) is 25.7 Å². The minimum atomic E-state index is 0. The van der Waals surface area contributed by atoms with Crippen LogP contribution >= 0.6 is 15.9 Å². The number of carbonyl (C=O) groups is 1. The van der Waals surface area contributed by atoms with Crippen LogP contribution in [0.1, 0.15) is 36.0 Å². The Morgan fingerprint density at radius 2 is 1.47 bits per heavy atom. The van der Waals surface area contributed by atoms with Crippen LogP contribution in [0.25, 0.3) is 0 Å². The Bertz CT molecular complexity index is 375. The summed E-state index contributed by atoms with van der Waals surface area (Å²) in [5.41, 5.74) is 0.860. The maximum Gasteiger partial charge on any atom is 0.108 e. The Labute approximate surface area is 134 Å². The van der Waals surface area contributed by atoms with Crippen LogP contribution in [-0.4, -0.2) is 11.1 Å². The predicted molar refractivity (Wildman–Crippen MR) is 80.7 cm³/mol. The molecule has 1 nitrogen and oxygen atoms in total. The number of rotatable bonds is 6. The summed E-state index contributed by atoms with van der Waals surface area (Å²) in [6, 6.07) is 17.6. The molecule has 0 aliphatic rings. The molecule has 2 aromatic carbocycles. The molecule has 0 saturated heterocycles. The molecule has 0 saturated carbocycles. The molecule has 0 fully saturated rings. The fourth-order valence-corrected chi connectivity index (χ4v) is 1.98. The van der Waals surface area contributed by atoms with Crippen LogP contribution in [0.4, 0.5) is 0 Å². The summed E-state index contributed by atoms with van der Waals surface area (Å²) in [5, 5.41) is 1.04. The van der Waals surface area contributed by atoms with Crippen molar-refractivity contribution in [2.75, 3.05) is 5.33 Å². The van der Waals surface area contributed by atoms with Gasteiger partial charge in [0, 0.05) is 22.4 Å². The van der Waals surface area contributed by atoms with E-state index in [9.17, 15) is 4.79 Å². The fraction of sp³-hybridized carbons (Fsp3) is 0.312. The number of Topliss-reactive ketones (excluding diaryl/α,β-unsaturated/α-hetero) is 1. The number of hydrogen-bond donors (Lipinski definition) is 0. The van der Waals surface area contributed by atoms with E-state index in [4.69, 9.17) is 0 Å². The van der Waals surface area contributed by atoms with Crippen molar-refractivity contribution in [3.8, 4) is 0 Å².